The molecule has 0 aliphatic rings. The van der Waals surface area contributed by atoms with Crippen LogP contribution in [0.1, 0.15) is 20.7 Å². The Bertz CT molecular complexity index is 922. The molecule has 0 unspecified atom stereocenters. The predicted molar refractivity (Wildman–Crippen MR) is 87.2 cm³/mol. The number of ether oxygens (including phenoxy) is 1. The van der Waals surface area contributed by atoms with E-state index in [1.165, 1.54) is 19.2 Å². The molecule has 10 nitrogen and oxygen atoms in total. The molecule has 0 fully saturated rings. The van der Waals surface area contributed by atoms with Gasteiger partial charge < -0.3 is 35.7 Å². The number of aromatic amines is 1. The Kier molecular flexibility index (Phi) is 4.81. The molecule has 1 aromatic heterocycles. The topological polar surface area (TPSA) is 183 Å². The largest absolute Gasteiger partial charge is 0.497 e. The number of benzene rings is 1. The minimum absolute atomic E-state index is 0.0588. The molecule has 0 saturated carbocycles. The zero-order valence-electron chi connectivity index (χ0n) is 12.8. The number of carboxylic acid groups (broad SMARTS) is 2. The summed E-state index contributed by atoms with van der Waals surface area (Å²) in [5.41, 5.74) is 2.32. The first-order valence-corrected chi connectivity index (χ1v) is 6.75. The Labute approximate surface area is 140 Å². The van der Waals surface area contributed by atoms with E-state index in [0.29, 0.717) is 0 Å². The monoisotopic (exact) mass is 348 g/mol. The normalized spacial score (nSPS) is 10.4. The molecule has 2 aromatic rings. The summed E-state index contributed by atoms with van der Waals surface area (Å²) in [6.45, 7) is 0. The third kappa shape index (κ3) is 3.18. The Morgan fingerprint density at radius 1 is 1.16 bits per heavy atom. The van der Waals surface area contributed by atoms with Crippen LogP contribution in [-0.2, 0) is 0 Å². The van der Waals surface area contributed by atoms with Crippen molar-refractivity contribution in [3.8, 4) is 16.9 Å². The number of nitrogens with two attached hydrogens (primary N) is 1. The van der Waals surface area contributed by atoms with Crippen LogP contribution in [0.25, 0.3) is 11.1 Å². The SMILES string of the molecule is COc1ccc(-c2c(C(=O)O)c(N)[nH]c(=O)c2C(=O)O)cc1B(O)O. The van der Waals surface area contributed by atoms with Crippen LogP contribution in [0.2, 0.25) is 0 Å². The van der Waals surface area contributed by atoms with Crippen molar-refractivity contribution in [1.82, 2.24) is 4.98 Å². The van der Waals surface area contributed by atoms with E-state index in [2.05, 4.69) is 0 Å². The summed E-state index contributed by atoms with van der Waals surface area (Å²) in [5, 5.41) is 37.5. The standard InChI is InChI=1S/C14H13BN2O8/c1-25-7-3-2-5(4-6(7)15(23)24)8-9(13(19)20)11(16)17-12(18)10(8)14(21)22/h2-4,23-24H,1H3,(H,19,20)(H,21,22)(H3,16,17,18). The van der Waals surface area contributed by atoms with Gasteiger partial charge in [-0.25, -0.2) is 9.59 Å². The number of anilines is 1. The van der Waals surface area contributed by atoms with Gasteiger partial charge in [-0.15, -0.1) is 0 Å². The first kappa shape index (κ1) is 18.0. The molecule has 11 heteroatoms. The highest BCUT2D eigenvalue weighted by Gasteiger charge is 2.28. The number of pyridine rings is 1. The third-order valence-electron chi connectivity index (χ3n) is 3.47. The summed E-state index contributed by atoms with van der Waals surface area (Å²) in [4.78, 5) is 36.9. The Morgan fingerprint density at radius 2 is 1.76 bits per heavy atom. The summed E-state index contributed by atoms with van der Waals surface area (Å²) in [5.74, 6) is -3.68. The molecule has 130 valence electrons. The summed E-state index contributed by atoms with van der Waals surface area (Å²) in [6, 6.07) is 3.66. The number of carboxylic acids is 2. The number of rotatable bonds is 5. The molecule has 25 heavy (non-hydrogen) atoms. The van der Waals surface area contributed by atoms with Crippen LogP contribution in [0, 0.1) is 0 Å². The number of methoxy groups -OCH3 is 1. The summed E-state index contributed by atoms with van der Waals surface area (Å²) in [7, 11) is -0.701. The minimum Gasteiger partial charge on any atom is -0.497 e. The van der Waals surface area contributed by atoms with Gasteiger partial charge in [-0.1, -0.05) is 12.1 Å². The lowest BCUT2D eigenvalue weighted by atomic mass is 9.77. The van der Waals surface area contributed by atoms with Gasteiger partial charge in [-0.2, -0.15) is 0 Å². The van der Waals surface area contributed by atoms with Crippen molar-refractivity contribution in [2.24, 2.45) is 0 Å². The molecule has 2 rings (SSSR count). The molecule has 1 aromatic carbocycles. The van der Waals surface area contributed by atoms with Gasteiger partial charge in [0.25, 0.3) is 5.56 Å². The molecular weight excluding hydrogens is 335 g/mol. The van der Waals surface area contributed by atoms with Crippen molar-refractivity contribution in [2.45, 2.75) is 0 Å². The lowest BCUT2D eigenvalue weighted by Crippen LogP contribution is -2.31. The van der Waals surface area contributed by atoms with Crippen LogP contribution in [0.4, 0.5) is 5.82 Å². The average molecular weight is 348 g/mol. The number of hydrogen-bond acceptors (Lipinski definition) is 7. The zero-order chi connectivity index (χ0) is 18.9. The molecule has 0 bridgehead atoms. The van der Waals surface area contributed by atoms with E-state index in [-0.39, 0.29) is 16.8 Å². The van der Waals surface area contributed by atoms with Crippen molar-refractivity contribution in [2.75, 3.05) is 12.8 Å². The molecule has 0 radical (unpaired) electrons. The highest BCUT2D eigenvalue weighted by molar-refractivity contribution is 6.59. The summed E-state index contributed by atoms with van der Waals surface area (Å²) in [6.07, 6.45) is 0. The average Bonchev–Trinajstić information content (AvgIpc) is 2.52. The number of H-pyrrole nitrogens is 1. The smallest absolute Gasteiger partial charge is 0.492 e. The van der Waals surface area contributed by atoms with E-state index in [0.717, 1.165) is 6.07 Å². The second-order valence-electron chi connectivity index (χ2n) is 4.93. The van der Waals surface area contributed by atoms with E-state index in [1.54, 1.807) is 0 Å². The summed E-state index contributed by atoms with van der Waals surface area (Å²) >= 11 is 0. The quantitative estimate of drug-likeness (QED) is 0.358. The van der Waals surface area contributed by atoms with Gasteiger partial charge in [0.15, 0.2) is 0 Å². The minimum atomic E-state index is -1.98. The molecule has 0 atom stereocenters. The second kappa shape index (κ2) is 6.67. The van der Waals surface area contributed by atoms with Crippen molar-refractivity contribution >= 4 is 30.3 Å². The van der Waals surface area contributed by atoms with Crippen LogP contribution in [0.3, 0.4) is 0 Å². The maximum Gasteiger partial charge on any atom is 0.492 e. The number of nitrogen functional groups attached to an aromatic ring is 1. The predicted octanol–water partition coefficient (Wildman–Crippen LogP) is -1.29. The van der Waals surface area contributed by atoms with Crippen LogP contribution in [-0.4, -0.2) is 51.4 Å². The Hall–Kier alpha value is -3.31. The molecule has 0 amide bonds. The van der Waals surface area contributed by atoms with Crippen molar-refractivity contribution in [1.29, 1.82) is 0 Å². The lowest BCUT2D eigenvalue weighted by Gasteiger charge is -2.14. The zero-order valence-corrected chi connectivity index (χ0v) is 12.8. The van der Waals surface area contributed by atoms with Crippen molar-refractivity contribution < 1.29 is 34.6 Å². The maximum absolute atomic E-state index is 12.0. The van der Waals surface area contributed by atoms with Gasteiger partial charge in [0, 0.05) is 11.0 Å². The number of hydrogen-bond donors (Lipinski definition) is 6. The van der Waals surface area contributed by atoms with Crippen LogP contribution >= 0.6 is 0 Å². The first-order valence-electron chi connectivity index (χ1n) is 6.75. The van der Waals surface area contributed by atoms with E-state index in [4.69, 9.17) is 10.5 Å². The molecule has 7 N–H and O–H groups in total. The van der Waals surface area contributed by atoms with E-state index in [9.17, 15) is 34.6 Å². The fraction of sp³-hybridized carbons (Fsp3) is 0.0714. The fourth-order valence-electron chi connectivity index (χ4n) is 2.43. The van der Waals surface area contributed by atoms with E-state index < -0.39 is 47.1 Å². The van der Waals surface area contributed by atoms with E-state index >= 15 is 0 Å². The Balaban J connectivity index is 2.95. The van der Waals surface area contributed by atoms with Crippen molar-refractivity contribution in [3.63, 3.8) is 0 Å². The van der Waals surface area contributed by atoms with Gasteiger partial charge in [-0.3, -0.25) is 4.79 Å². The van der Waals surface area contributed by atoms with Crippen LogP contribution < -0.4 is 21.5 Å². The number of aromatic carboxylic acids is 2. The number of nitrogens with one attached hydrogen (secondary N) is 1. The maximum atomic E-state index is 12.0. The third-order valence-corrected chi connectivity index (χ3v) is 3.47. The highest BCUT2D eigenvalue weighted by atomic mass is 16.5. The molecular formula is C14H13BN2O8. The fourth-order valence-corrected chi connectivity index (χ4v) is 2.43. The second-order valence-corrected chi connectivity index (χ2v) is 4.93. The van der Waals surface area contributed by atoms with Crippen LogP contribution in [0.5, 0.6) is 5.75 Å². The van der Waals surface area contributed by atoms with Gasteiger partial charge >= 0.3 is 19.1 Å². The first-order chi connectivity index (χ1) is 11.7. The van der Waals surface area contributed by atoms with Gasteiger partial charge in [-0.05, 0) is 11.6 Å². The highest BCUT2D eigenvalue weighted by Crippen LogP contribution is 2.29. The molecule has 0 aliphatic heterocycles. The molecule has 0 saturated heterocycles. The lowest BCUT2D eigenvalue weighted by molar-refractivity contribution is 0.0695. The van der Waals surface area contributed by atoms with Gasteiger partial charge in [0.1, 0.15) is 22.7 Å². The molecule has 0 aliphatic carbocycles. The number of aromatic nitrogens is 1. The number of carbonyl (C=O) groups is 2. The van der Waals surface area contributed by atoms with Crippen LogP contribution in [0.15, 0.2) is 23.0 Å². The Morgan fingerprint density at radius 3 is 2.24 bits per heavy atom. The van der Waals surface area contributed by atoms with E-state index in [1.807, 2.05) is 4.98 Å². The van der Waals surface area contributed by atoms with Gasteiger partial charge in [0.05, 0.1) is 7.11 Å². The van der Waals surface area contributed by atoms with Crippen molar-refractivity contribution in [3.05, 3.63) is 39.7 Å². The molecule has 0 spiro atoms. The summed E-state index contributed by atoms with van der Waals surface area (Å²) < 4.78 is 4.96. The van der Waals surface area contributed by atoms with Gasteiger partial charge in [0.2, 0.25) is 0 Å². The molecule has 1 heterocycles.